The molecule has 1 unspecified atom stereocenters. The van der Waals surface area contributed by atoms with Crippen LogP contribution in [0.2, 0.25) is 0 Å². The summed E-state index contributed by atoms with van der Waals surface area (Å²) in [6, 6.07) is 16.0. The highest BCUT2D eigenvalue weighted by Crippen LogP contribution is 2.29. The lowest BCUT2D eigenvalue weighted by atomic mass is 9.92. The van der Waals surface area contributed by atoms with Gasteiger partial charge in [0.05, 0.1) is 6.20 Å². The molecule has 0 saturated carbocycles. The molecule has 42 heavy (non-hydrogen) atoms. The van der Waals surface area contributed by atoms with Gasteiger partial charge in [-0.3, -0.25) is 9.59 Å². The third-order valence-electron chi connectivity index (χ3n) is 7.26. The first-order chi connectivity index (χ1) is 20.1. The minimum absolute atomic E-state index is 0.0216. The summed E-state index contributed by atoms with van der Waals surface area (Å²) in [5.74, 6) is 0.813. The normalized spacial score (nSPS) is 16.2. The van der Waals surface area contributed by atoms with Crippen molar-refractivity contribution in [3.63, 3.8) is 0 Å². The largest absolute Gasteiger partial charge is 0.473 e. The van der Waals surface area contributed by atoms with Crippen LogP contribution in [0, 0.1) is 0 Å². The van der Waals surface area contributed by atoms with Gasteiger partial charge in [0.2, 0.25) is 11.8 Å². The number of hydrogen-bond donors (Lipinski definition) is 4. The fraction of sp³-hybridized carbons (Fsp3) is 0.312. The molecule has 1 aliphatic heterocycles. The van der Waals surface area contributed by atoms with Gasteiger partial charge in [-0.2, -0.15) is 14.6 Å². The van der Waals surface area contributed by atoms with Crippen molar-refractivity contribution in [2.24, 2.45) is 0 Å². The molecule has 0 radical (unpaired) electrons. The molecule has 10 nitrogen and oxygen atoms in total. The molecule has 0 spiro atoms. The lowest BCUT2D eigenvalue weighted by Crippen LogP contribution is -2.50. The molecule has 2 aromatic heterocycles. The summed E-state index contributed by atoms with van der Waals surface area (Å²) in [7, 11) is 0. The van der Waals surface area contributed by atoms with Crippen LogP contribution in [0.5, 0.6) is 5.88 Å². The van der Waals surface area contributed by atoms with Crippen molar-refractivity contribution in [3.05, 3.63) is 84.6 Å². The van der Waals surface area contributed by atoms with Gasteiger partial charge in [-0.05, 0) is 75.1 Å². The van der Waals surface area contributed by atoms with E-state index in [9.17, 15) is 9.59 Å². The smallest absolute Gasteiger partial charge is 0.255 e. The Morgan fingerprint density at radius 1 is 1.10 bits per heavy atom. The quantitative estimate of drug-likeness (QED) is 0.186. The van der Waals surface area contributed by atoms with Crippen LogP contribution in [-0.2, 0) is 4.79 Å². The summed E-state index contributed by atoms with van der Waals surface area (Å²) in [6.45, 7) is 12.8. The number of nitrogens with one attached hydrogen (secondary N) is 4. The van der Waals surface area contributed by atoms with E-state index in [-0.39, 0.29) is 29.4 Å². The van der Waals surface area contributed by atoms with Gasteiger partial charge in [0.15, 0.2) is 5.65 Å². The number of nitrogens with zero attached hydrogens (tertiary/aromatic N) is 3. The van der Waals surface area contributed by atoms with Crippen molar-refractivity contribution >= 4 is 40.3 Å². The Labute approximate surface area is 245 Å². The highest BCUT2D eigenvalue weighted by molar-refractivity contribution is 6.06. The molecule has 2 amide bonds. The molecule has 10 heteroatoms. The molecule has 1 saturated heterocycles. The molecule has 1 atom stereocenters. The number of piperidine rings is 1. The SMILES string of the molecule is C=CC(=O)Nc1cccc(C(=O)Nc2cccc(Nc3cc(OC4CCC(C)(C)NC4)nc4c(C(C)C)cnn34)c2)c1. The summed E-state index contributed by atoms with van der Waals surface area (Å²) >= 11 is 0. The summed E-state index contributed by atoms with van der Waals surface area (Å²) in [5, 5.41) is 17.2. The van der Waals surface area contributed by atoms with Crippen LogP contribution >= 0.6 is 0 Å². The summed E-state index contributed by atoms with van der Waals surface area (Å²) in [6.07, 6.45) is 5.00. The third kappa shape index (κ3) is 6.77. The van der Waals surface area contributed by atoms with Crippen molar-refractivity contribution in [1.29, 1.82) is 0 Å². The van der Waals surface area contributed by atoms with Gasteiger partial charge < -0.3 is 26.0 Å². The van der Waals surface area contributed by atoms with Crippen LogP contribution < -0.4 is 26.0 Å². The second-order valence-corrected chi connectivity index (χ2v) is 11.4. The lowest BCUT2D eigenvalue weighted by Gasteiger charge is -2.35. The number of anilines is 4. The maximum absolute atomic E-state index is 13.0. The van der Waals surface area contributed by atoms with E-state index in [4.69, 9.17) is 9.72 Å². The molecule has 3 heterocycles. The van der Waals surface area contributed by atoms with E-state index in [2.05, 4.69) is 60.6 Å². The van der Waals surface area contributed by atoms with Crippen LogP contribution in [0.25, 0.3) is 5.65 Å². The second kappa shape index (κ2) is 12.0. The van der Waals surface area contributed by atoms with Crippen molar-refractivity contribution in [2.45, 2.75) is 58.1 Å². The number of carbonyl (C=O) groups excluding carboxylic acids is 2. The Bertz CT molecular complexity index is 1620. The minimum Gasteiger partial charge on any atom is -0.473 e. The first-order valence-electron chi connectivity index (χ1n) is 14.1. The molecule has 2 aromatic carbocycles. The molecule has 218 valence electrons. The van der Waals surface area contributed by atoms with Crippen molar-refractivity contribution in [1.82, 2.24) is 19.9 Å². The second-order valence-electron chi connectivity index (χ2n) is 11.4. The van der Waals surface area contributed by atoms with E-state index in [0.717, 1.165) is 36.3 Å². The minimum atomic E-state index is -0.345. The first-order valence-corrected chi connectivity index (χ1v) is 14.1. The third-order valence-corrected chi connectivity index (χ3v) is 7.26. The Balaban J connectivity index is 1.37. The first kappa shape index (κ1) is 28.8. The Morgan fingerprint density at radius 2 is 1.83 bits per heavy atom. The maximum Gasteiger partial charge on any atom is 0.255 e. The number of amides is 2. The van der Waals surface area contributed by atoms with Crippen molar-refractivity contribution in [2.75, 3.05) is 22.5 Å². The lowest BCUT2D eigenvalue weighted by molar-refractivity contribution is -0.111. The van der Waals surface area contributed by atoms with Gasteiger partial charge in [0.25, 0.3) is 5.91 Å². The van der Waals surface area contributed by atoms with Crippen LogP contribution in [0.4, 0.5) is 22.9 Å². The zero-order valence-corrected chi connectivity index (χ0v) is 24.4. The van der Waals surface area contributed by atoms with Gasteiger partial charge in [-0.15, -0.1) is 0 Å². The predicted molar refractivity (Wildman–Crippen MR) is 166 cm³/mol. The monoisotopic (exact) mass is 567 g/mol. The number of rotatable bonds is 9. The Hall–Kier alpha value is -4.70. The van der Waals surface area contributed by atoms with Gasteiger partial charge in [0, 0.05) is 46.3 Å². The fourth-order valence-corrected chi connectivity index (χ4v) is 4.85. The number of fused-ring (bicyclic) bond motifs is 1. The topological polar surface area (TPSA) is 122 Å². The van der Waals surface area contributed by atoms with Crippen molar-refractivity contribution < 1.29 is 14.3 Å². The molecular weight excluding hydrogens is 530 g/mol. The number of benzene rings is 2. The number of hydrogen-bond acceptors (Lipinski definition) is 7. The molecule has 4 N–H and O–H groups in total. The number of carbonyl (C=O) groups is 2. The Morgan fingerprint density at radius 3 is 2.55 bits per heavy atom. The van der Waals surface area contributed by atoms with Crippen molar-refractivity contribution in [3.8, 4) is 5.88 Å². The van der Waals surface area contributed by atoms with E-state index in [1.54, 1.807) is 28.8 Å². The molecule has 1 aliphatic rings. The molecule has 0 aliphatic carbocycles. The maximum atomic E-state index is 13.0. The van der Waals surface area contributed by atoms with Gasteiger partial charge >= 0.3 is 0 Å². The molecular formula is C32H37N7O3. The summed E-state index contributed by atoms with van der Waals surface area (Å²) in [5.41, 5.74) is 4.14. The average Bonchev–Trinajstić information content (AvgIpc) is 3.39. The van der Waals surface area contributed by atoms with E-state index in [1.807, 2.05) is 36.5 Å². The van der Waals surface area contributed by atoms with Gasteiger partial charge in [0.1, 0.15) is 11.9 Å². The van der Waals surface area contributed by atoms with Crippen LogP contribution in [0.1, 0.15) is 62.4 Å². The molecule has 1 fully saturated rings. The van der Waals surface area contributed by atoms with E-state index < -0.39 is 0 Å². The zero-order chi connectivity index (χ0) is 29.9. The van der Waals surface area contributed by atoms with Gasteiger partial charge in [-0.1, -0.05) is 32.6 Å². The van der Waals surface area contributed by atoms with Crippen LogP contribution in [-0.4, -0.2) is 44.6 Å². The highest BCUT2D eigenvalue weighted by atomic mass is 16.5. The number of ether oxygens (including phenoxy) is 1. The average molecular weight is 568 g/mol. The Kier molecular flexibility index (Phi) is 8.26. The van der Waals surface area contributed by atoms with Gasteiger partial charge in [-0.25, -0.2) is 0 Å². The fourth-order valence-electron chi connectivity index (χ4n) is 4.85. The summed E-state index contributed by atoms with van der Waals surface area (Å²) < 4.78 is 8.14. The van der Waals surface area contributed by atoms with E-state index in [0.29, 0.717) is 28.6 Å². The van der Waals surface area contributed by atoms with E-state index in [1.165, 1.54) is 6.08 Å². The number of aromatic nitrogens is 3. The van der Waals surface area contributed by atoms with Crippen LogP contribution in [0.15, 0.2) is 73.4 Å². The molecule has 5 rings (SSSR count). The van der Waals surface area contributed by atoms with E-state index >= 15 is 0 Å². The molecule has 4 aromatic rings. The predicted octanol–water partition coefficient (Wildman–Crippen LogP) is 5.88. The standard InChI is InChI=1S/C32H37N7O3/c1-6-28(40)36-22-10-7-9-21(15-22)31(41)37-24-12-8-11-23(16-24)35-27-17-29(42-25-13-14-32(4,5)33-18-25)38-30-26(20(2)3)19-34-39(27)30/h6-12,15-17,19-20,25,33,35H,1,13-14,18H2,2-5H3,(H,36,40)(H,37,41). The van der Waals surface area contributed by atoms with Crippen LogP contribution in [0.3, 0.4) is 0 Å². The summed E-state index contributed by atoms with van der Waals surface area (Å²) in [4.78, 5) is 29.5. The highest BCUT2D eigenvalue weighted by Gasteiger charge is 2.28. The zero-order valence-electron chi connectivity index (χ0n) is 24.4. The molecule has 0 bridgehead atoms.